The Morgan fingerprint density at radius 3 is 2.25 bits per heavy atom. The van der Waals surface area contributed by atoms with Gasteiger partial charge in [-0.15, -0.1) is 0 Å². The number of ether oxygens (including phenoxy) is 2. The van der Waals surface area contributed by atoms with E-state index in [1.165, 1.54) is 0 Å². The van der Waals surface area contributed by atoms with Crippen molar-refractivity contribution in [3.8, 4) is 0 Å². The van der Waals surface area contributed by atoms with Gasteiger partial charge in [0.25, 0.3) is 11.8 Å². The van der Waals surface area contributed by atoms with Crippen molar-refractivity contribution in [2.24, 2.45) is 5.41 Å². The van der Waals surface area contributed by atoms with Crippen LogP contribution in [0.25, 0.3) is 0 Å². The summed E-state index contributed by atoms with van der Waals surface area (Å²) in [6, 6.07) is 16.7. The van der Waals surface area contributed by atoms with Gasteiger partial charge in [0.15, 0.2) is 6.10 Å². The van der Waals surface area contributed by atoms with E-state index in [0.717, 1.165) is 22.4 Å². The third-order valence-corrected chi connectivity index (χ3v) is 6.74. The zero-order valence-corrected chi connectivity index (χ0v) is 23.3. The maximum atomic E-state index is 13.1. The van der Waals surface area contributed by atoms with Gasteiger partial charge in [-0.1, -0.05) is 94.3 Å². The lowest BCUT2D eigenvalue weighted by atomic mass is 9.90. The molecule has 3 rings (SSSR count). The van der Waals surface area contributed by atoms with Gasteiger partial charge in [-0.2, -0.15) is 0 Å². The Hall–Kier alpha value is -4.21. The highest BCUT2D eigenvalue weighted by Gasteiger charge is 2.52. The van der Waals surface area contributed by atoms with Crippen molar-refractivity contribution in [2.75, 3.05) is 6.54 Å². The predicted octanol–water partition coefficient (Wildman–Crippen LogP) is 4.29. The number of rotatable bonds is 11. The molecule has 2 aromatic rings. The van der Waals surface area contributed by atoms with E-state index in [1.54, 1.807) is 32.9 Å². The SMILES string of the molecule is CCCC[C@H](NC(=O)OC1C(=O)N(C(=O)OCc2ccccc2)CC1(C)C)C(=O)C(=O)NC(C)c1ccccc1. The van der Waals surface area contributed by atoms with Gasteiger partial charge >= 0.3 is 12.2 Å². The molecule has 4 amide bonds. The Labute approximate surface area is 234 Å². The zero-order chi connectivity index (χ0) is 29.3. The first-order valence-electron chi connectivity index (χ1n) is 13.4. The summed E-state index contributed by atoms with van der Waals surface area (Å²) < 4.78 is 10.7. The number of hydrogen-bond acceptors (Lipinski definition) is 7. The first-order chi connectivity index (χ1) is 19.0. The number of benzene rings is 2. The minimum Gasteiger partial charge on any atom is -0.444 e. The molecular formula is C30H37N3O7. The van der Waals surface area contributed by atoms with Crippen LogP contribution in [-0.4, -0.2) is 53.4 Å². The number of nitrogens with zero attached hydrogens (tertiary/aromatic N) is 1. The van der Waals surface area contributed by atoms with Crippen LogP contribution in [0.5, 0.6) is 0 Å². The third kappa shape index (κ3) is 7.91. The second-order valence-corrected chi connectivity index (χ2v) is 10.5. The molecule has 0 aromatic heterocycles. The van der Waals surface area contributed by atoms with E-state index < -0.39 is 53.4 Å². The molecule has 1 fully saturated rings. The topological polar surface area (TPSA) is 131 Å². The summed E-state index contributed by atoms with van der Waals surface area (Å²) in [6.45, 7) is 7.02. The van der Waals surface area contributed by atoms with Crippen LogP contribution >= 0.6 is 0 Å². The summed E-state index contributed by atoms with van der Waals surface area (Å²) in [6.07, 6.45) is -1.62. The van der Waals surface area contributed by atoms with Crippen molar-refractivity contribution < 1.29 is 33.4 Å². The van der Waals surface area contributed by atoms with Crippen molar-refractivity contribution in [2.45, 2.75) is 71.8 Å². The largest absolute Gasteiger partial charge is 0.444 e. The molecule has 2 N–H and O–H groups in total. The van der Waals surface area contributed by atoms with Crippen LogP contribution < -0.4 is 10.6 Å². The van der Waals surface area contributed by atoms with Crippen LogP contribution in [-0.2, 0) is 30.5 Å². The van der Waals surface area contributed by atoms with Crippen LogP contribution in [0, 0.1) is 5.41 Å². The fourth-order valence-corrected chi connectivity index (χ4v) is 4.42. The van der Waals surface area contributed by atoms with Gasteiger partial charge in [-0.25, -0.2) is 14.5 Å². The molecule has 1 aliphatic heterocycles. The Morgan fingerprint density at radius 1 is 1.00 bits per heavy atom. The number of nitrogens with one attached hydrogen (secondary N) is 2. The van der Waals surface area contributed by atoms with Gasteiger partial charge in [0, 0.05) is 12.0 Å². The molecule has 0 aliphatic carbocycles. The van der Waals surface area contributed by atoms with Gasteiger partial charge in [-0.05, 0) is 24.5 Å². The fraction of sp³-hybridized carbons (Fsp3) is 0.433. The molecule has 10 nitrogen and oxygen atoms in total. The lowest BCUT2D eigenvalue weighted by Crippen LogP contribution is -2.49. The number of Topliss-reactive ketones (excluding diaryl/α,β-unsaturated/α-hetero) is 1. The van der Waals surface area contributed by atoms with Crippen LogP contribution in [0.15, 0.2) is 60.7 Å². The molecule has 1 aliphatic rings. The minimum atomic E-state index is -1.29. The van der Waals surface area contributed by atoms with Crippen molar-refractivity contribution in [3.05, 3.63) is 71.8 Å². The molecule has 0 bridgehead atoms. The van der Waals surface area contributed by atoms with E-state index in [4.69, 9.17) is 9.47 Å². The molecule has 1 heterocycles. The second-order valence-electron chi connectivity index (χ2n) is 10.5. The normalized spacial score (nSPS) is 17.4. The minimum absolute atomic E-state index is 0.0118. The summed E-state index contributed by atoms with van der Waals surface area (Å²) in [5.74, 6) is -2.36. The summed E-state index contributed by atoms with van der Waals surface area (Å²) in [7, 11) is 0. The van der Waals surface area contributed by atoms with E-state index in [1.807, 2.05) is 55.5 Å². The average Bonchev–Trinajstić information content (AvgIpc) is 3.18. The molecular weight excluding hydrogens is 514 g/mol. The number of carbonyl (C=O) groups is 5. The molecule has 1 saturated heterocycles. The molecule has 40 heavy (non-hydrogen) atoms. The molecule has 0 saturated carbocycles. The standard InChI is InChI=1S/C30H37N3O7/c1-5-6-17-23(24(34)26(35)31-20(2)22-15-11-8-12-16-22)32-28(37)40-25-27(36)33(19-30(25,3)4)29(38)39-18-21-13-9-7-10-14-21/h7-16,20,23,25H,5-6,17-19H2,1-4H3,(H,31,35)(H,32,37)/t20?,23-,25?/m0/s1. The highest BCUT2D eigenvalue weighted by atomic mass is 16.6. The number of imide groups is 1. The van der Waals surface area contributed by atoms with Crippen LogP contribution in [0.1, 0.15) is 64.1 Å². The average molecular weight is 552 g/mol. The van der Waals surface area contributed by atoms with Gasteiger partial charge < -0.3 is 20.1 Å². The number of likely N-dealkylation sites (tertiary alicyclic amines) is 1. The Bertz CT molecular complexity index is 1200. The van der Waals surface area contributed by atoms with E-state index >= 15 is 0 Å². The van der Waals surface area contributed by atoms with Crippen molar-refractivity contribution in [1.82, 2.24) is 15.5 Å². The second kappa shape index (κ2) is 13.7. The Morgan fingerprint density at radius 2 is 1.62 bits per heavy atom. The first kappa shape index (κ1) is 30.3. The van der Waals surface area contributed by atoms with E-state index in [9.17, 15) is 24.0 Å². The molecule has 3 atom stereocenters. The van der Waals surface area contributed by atoms with E-state index in [0.29, 0.717) is 6.42 Å². The summed E-state index contributed by atoms with van der Waals surface area (Å²) in [5.41, 5.74) is 0.680. The van der Waals surface area contributed by atoms with Crippen molar-refractivity contribution in [1.29, 1.82) is 0 Å². The fourth-order valence-electron chi connectivity index (χ4n) is 4.42. The van der Waals surface area contributed by atoms with E-state index in [2.05, 4.69) is 10.6 Å². The first-order valence-corrected chi connectivity index (χ1v) is 13.4. The third-order valence-electron chi connectivity index (χ3n) is 6.74. The van der Waals surface area contributed by atoms with Crippen LogP contribution in [0.3, 0.4) is 0 Å². The lowest BCUT2D eigenvalue weighted by molar-refractivity contribution is -0.139. The molecule has 10 heteroatoms. The maximum absolute atomic E-state index is 13.1. The van der Waals surface area contributed by atoms with Gasteiger partial charge in [0.2, 0.25) is 5.78 Å². The van der Waals surface area contributed by atoms with Crippen LogP contribution in [0.4, 0.5) is 9.59 Å². The van der Waals surface area contributed by atoms with Gasteiger partial charge in [-0.3, -0.25) is 14.4 Å². The number of alkyl carbamates (subject to hydrolysis) is 1. The summed E-state index contributed by atoms with van der Waals surface area (Å²) in [5, 5.41) is 5.13. The molecule has 214 valence electrons. The molecule has 0 radical (unpaired) electrons. The quantitative estimate of drug-likeness (QED) is 0.398. The van der Waals surface area contributed by atoms with Crippen molar-refractivity contribution in [3.63, 3.8) is 0 Å². The number of unbranched alkanes of at least 4 members (excludes halogenated alkanes) is 1. The molecule has 0 spiro atoms. The van der Waals surface area contributed by atoms with Gasteiger partial charge in [0.1, 0.15) is 12.6 Å². The number of amides is 4. The number of carbonyl (C=O) groups excluding carboxylic acids is 5. The molecule has 2 unspecified atom stereocenters. The zero-order valence-electron chi connectivity index (χ0n) is 23.3. The van der Waals surface area contributed by atoms with Crippen molar-refractivity contribution >= 4 is 29.8 Å². The Balaban J connectivity index is 1.61. The smallest absolute Gasteiger partial charge is 0.416 e. The summed E-state index contributed by atoms with van der Waals surface area (Å²) in [4.78, 5) is 65.2. The van der Waals surface area contributed by atoms with Crippen LogP contribution in [0.2, 0.25) is 0 Å². The number of hydrogen-bond donors (Lipinski definition) is 2. The highest BCUT2D eigenvalue weighted by molar-refractivity contribution is 6.38. The number of ketones is 1. The molecule has 2 aromatic carbocycles. The predicted molar refractivity (Wildman–Crippen MR) is 147 cm³/mol. The Kier molecular flexibility index (Phi) is 10.4. The maximum Gasteiger partial charge on any atom is 0.416 e. The summed E-state index contributed by atoms with van der Waals surface area (Å²) >= 11 is 0. The highest BCUT2D eigenvalue weighted by Crippen LogP contribution is 2.33. The monoisotopic (exact) mass is 551 g/mol. The van der Waals surface area contributed by atoms with E-state index in [-0.39, 0.29) is 19.6 Å². The van der Waals surface area contributed by atoms with Gasteiger partial charge in [0.05, 0.1) is 6.04 Å². The lowest BCUT2D eigenvalue weighted by Gasteiger charge is -2.25.